The summed E-state index contributed by atoms with van der Waals surface area (Å²) in [5.74, 6) is 0.447. The molecule has 0 saturated carbocycles. The molecule has 0 bridgehead atoms. The van der Waals surface area contributed by atoms with Crippen molar-refractivity contribution in [1.82, 2.24) is 0 Å². The molecule has 0 amide bonds. The van der Waals surface area contributed by atoms with Gasteiger partial charge in [-0.15, -0.1) is 0 Å². The molecule has 0 N–H and O–H groups in total. The largest absolute Gasteiger partial charge is 0.293 e. The Hall–Kier alpha value is -0.150. The standard InChI is InChI=1S/C11H12Br2O/c1-7(2)10(13)11(14)8-4-3-5-9(12)6-8/h3-7,10H,1-2H3. The number of Topliss-reactive ketones (excluding diaryl/α,β-unsaturated/α-hetero) is 1. The summed E-state index contributed by atoms with van der Waals surface area (Å²) in [6, 6.07) is 7.47. The zero-order chi connectivity index (χ0) is 10.7. The molecule has 1 aromatic carbocycles. The highest BCUT2D eigenvalue weighted by molar-refractivity contribution is 9.10. The van der Waals surface area contributed by atoms with E-state index < -0.39 is 0 Å². The molecular weight excluding hydrogens is 308 g/mol. The fourth-order valence-corrected chi connectivity index (χ4v) is 1.77. The molecule has 1 atom stereocenters. The van der Waals surface area contributed by atoms with Crippen molar-refractivity contribution in [3.8, 4) is 0 Å². The quantitative estimate of drug-likeness (QED) is 0.606. The predicted octanol–water partition coefficient (Wildman–Crippen LogP) is 4.05. The van der Waals surface area contributed by atoms with E-state index in [0.29, 0.717) is 5.92 Å². The molecule has 1 aromatic rings. The Balaban J connectivity index is 2.89. The summed E-state index contributed by atoms with van der Waals surface area (Å²) in [6.45, 7) is 4.05. The number of carbonyl (C=O) groups is 1. The van der Waals surface area contributed by atoms with Gasteiger partial charge in [0.1, 0.15) is 0 Å². The van der Waals surface area contributed by atoms with Gasteiger partial charge in [0.2, 0.25) is 0 Å². The van der Waals surface area contributed by atoms with Gasteiger partial charge in [-0.25, -0.2) is 0 Å². The fraction of sp³-hybridized carbons (Fsp3) is 0.364. The van der Waals surface area contributed by atoms with Crippen LogP contribution in [-0.4, -0.2) is 10.6 Å². The highest BCUT2D eigenvalue weighted by atomic mass is 79.9. The minimum atomic E-state index is -0.100. The van der Waals surface area contributed by atoms with E-state index in [0.717, 1.165) is 10.0 Å². The zero-order valence-electron chi connectivity index (χ0n) is 8.13. The normalized spacial score (nSPS) is 12.9. The summed E-state index contributed by atoms with van der Waals surface area (Å²) >= 11 is 6.75. The van der Waals surface area contributed by atoms with Crippen molar-refractivity contribution in [2.24, 2.45) is 5.92 Å². The van der Waals surface area contributed by atoms with Crippen molar-refractivity contribution in [1.29, 1.82) is 0 Å². The summed E-state index contributed by atoms with van der Waals surface area (Å²) in [5, 5.41) is 0. The Labute approximate surface area is 101 Å². The van der Waals surface area contributed by atoms with Gasteiger partial charge >= 0.3 is 0 Å². The first-order valence-electron chi connectivity index (χ1n) is 4.46. The van der Waals surface area contributed by atoms with E-state index in [9.17, 15) is 4.79 Å². The van der Waals surface area contributed by atoms with Gasteiger partial charge in [0, 0.05) is 10.0 Å². The van der Waals surface area contributed by atoms with E-state index >= 15 is 0 Å². The van der Waals surface area contributed by atoms with Crippen LogP contribution in [-0.2, 0) is 0 Å². The van der Waals surface area contributed by atoms with Crippen molar-refractivity contribution in [2.75, 3.05) is 0 Å². The van der Waals surface area contributed by atoms with Crippen molar-refractivity contribution in [3.63, 3.8) is 0 Å². The van der Waals surface area contributed by atoms with Gasteiger partial charge < -0.3 is 0 Å². The maximum atomic E-state index is 11.9. The highest BCUT2D eigenvalue weighted by Crippen LogP contribution is 2.20. The van der Waals surface area contributed by atoms with Crippen LogP contribution >= 0.6 is 31.9 Å². The van der Waals surface area contributed by atoms with E-state index in [2.05, 4.69) is 31.9 Å². The Morgan fingerprint density at radius 3 is 2.50 bits per heavy atom. The molecule has 0 aliphatic carbocycles. The number of rotatable bonds is 3. The molecule has 1 rings (SSSR count). The fourth-order valence-electron chi connectivity index (χ4n) is 1.10. The highest BCUT2D eigenvalue weighted by Gasteiger charge is 2.19. The minimum Gasteiger partial charge on any atom is -0.293 e. The maximum absolute atomic E-state index is 11.9. The smallest absolute Gasteiger partial charge is 0.176 e. The molecule has 0 saturated heterocycles. The summed E-state index contributed by atoms with van der Waals surface area (Å²) in [5.41, 5.74) is 0.745. The van der Waals surface area contributed by atoms with Gasteiger partial charge in [0.05, 0.1) is 4.83 Å². The number of ketones is 1. The van der Waals surface area contributed by atoms with Crippen molar-refractivity contribution in [3.05, 3.63) is 34.3 Å². The lowest BCUT2D eigenvalue weighted by Gasteiger charge is -2.12. The molecule has 1 unspecified atom stereocenters. The van der Waals surface area contributed by atoms with Gasteiger partial charge in [-0.05, 0) is 18.1 Å². The minimum absolute atomic E-state index is 0.100. The lowest BCUT2D eigenvalue weighted by Crippen LogP contribution is -2.19. The Kier molecular flexibility index (Phi) is 4.32. The van der Waals surface area contributed by atoms with E-state index in [4.69, 9.17) is 0 Å². The second kappa shape index (κ2) is 5.08. The first-order chi connectivity index (χ1) is 6.52. The predicted molar refractivity (Wildman–Crippen MR) is 66.0 cm³/mol. The van der Waals surface area contributed by atoms with Gasteiger partial charge in [0.25, 0.3) is 0 Å². The summed E-state index contributed by atoms with van der Waals surface area (Å²) in [6.07, 6.45) is 0. The average molecular weight is 320 g/mol. The molecule has 0 spiro atoms. The third kappa shape index (κ3) is 2.92. The SMILES string of the molecule is CC(C)C(Br)C(=O)c1cccc(Br)c1. The van der Waals surface area contributed by atoms with Crippen LogP contribution < -0.4 is 0 Å². The zero-order valence-corrected chi connectivity index (χ0v) is 11.3. The summed E-state index contributed by atoms with van der Waals surface area (Å²) in [4.78, 5) is 11.8. The molecule has 0 aliphatic rings. The number of benzene rings is 1. The van der Waals surface area contributed by atoms with Crippen LogP contribution in [0.3, 0.4) is 0 Å². The molecule has 3 heteroatoms. The molecule has 0 heterocycles. The molecule has 1 nitrogen and oxygen atoms in total. The molecule has 0 aliphatic heterocycles. The molecule has 0 aromatic heterocycles. The van der Waals surface area contributed by atoms with Crippen LogP contribution in [0.25, 0.3) is 0 Å². The Morgan fingerprint density at radius 2 is 2.00 bits per heavy atom. The lowest BCUT2D eigenvalue weighted by molar-refractivity contribution is 0.0978. The van der Waals surface area contributed by atoms with Crippen LogP contribution in [0.4, 0.5) is 0 Å². The van der Waals surface area contributed by atoms with Gasteiger partial charge in [-0.1, -0.05) is 57.8 Å². The second-order valence-electron chi connectivity index (χ2n) is 3.52. The number of carbonyl (C=O) groups excluding carboxylic acids is 1. The number of halogens is 2. The topological polar surface area (TPSA) is 17.1 Å². The molecule has 0 fully saturated rings. The number of alkyl halides is 1. The van der Waals surface area contributed by atoms with Crippen LogP contribution in [0, 0.1) is 5.92 Å². The van der Waals surface area contributed by atoms with E-state index in [1.54, 1.807) is 0 Å². The van der Waals surface area contributed by atoms with Gasteiger partial charge in [-0.2, -0.15) is 0 Å². The van der Waals surface area contributed by atoms with Gasteiger partial charge in [0.15, 0.2) is 5.78 Å². The van der Waals surface area contributed by atoms with Crippen molar-refractivity contribution in [2.45, 2.75) is 18.7 Å². The Morgan fingerprint density at radius 1 is 1.36 bits per heavy atom. The summed E-state index contributed by atoms with van der Waals surface area (Å²) in [7, 11) is 0. The number of hydrogen-bond donors (Lipinski definition) is 0. The molecule has 14 heavy (non-hydrogen) atoms. The maximum Gasteiger partial charge on any atom is 0.176 e. The first kappa shape index (κ1) is 11.9. The van der Waals surface area contributed by atoms with Crippen LogP contribution in [0.2, 0.25) is 0 Å². The third-order valence-electron chi connectivity index (χ3n) is 1.94. The molecular formula is C11H12Br2O. The van der Waals surface area contributed by atoms with Crippen LogP contribution in [0.15, 0.2) is 28.7 Å². The molecule has 76 valence electrons. The van der Waals surface area contributed by atoms with Crippen molar-refractivity contribution < 1.29 is 4.79 Å². The van der Waals surface area contributed by atoms with Crippen LogP contribution in [0.1, 0.15) is 24.2 Å². The third-order valence-corrected chi connectivity index (χ3v) is 3.91. The summed E-state index contributed by atoms with van der Waals surface area (Å²) < 4.78 is 0.937. The average Bonchev–Trinajstić information content (AvgIpc) is 2.15. The van der Waals surface area contributed by atoms with E-state index in [1.807, 2.05) is 38.1 Å². The van der Waals surface area contributed by atoms with E-state index in [-0.39, 0.29) is 10.6 Å². The second-order valence-corrected chi connectivity index (χ2v) is 5.42. The first-order valence-corrected chi connectivity index (χ1v) is 6.17. The Bertz CT molecular complexity index is 334. The van der Waals surface area contributed by atoms with Gasteiger partial charge in [-0.3, -0.25) is 4.79 Å². The molecule has 0 radical (unpaired) electrons. The van der Waals surface area contributed by atoms with Crippen molar-refractivity contribution >= 4 is 37.6 Å². The number of hydrogen-bond acceptors (Lipinski definition) is 1. The van der Waals surface area contributed by atoms with Crippen LogP contribution in [0.5, 0.6) is 0 Å². The lowest BCUT2D eigenvalue weighted by atomic mass is 10.0. The monoisotopic (exact) mass is 318 g/mol. The van der Waals surface area contributed by atoms with E-state index in [1.165, 1.54) is 0 Å².